The molecule has 1 aliphatic rings. The van der Waals surface area contributed by atoms with Gasteiger partial charge in [0.2, 0.25) is 0 Å². The molecule has 1 aromatic rings. The lowest BCUT2D eigenvalue weighted by molar-refractivity contribution is 0.663. The molecule has 1 aliphatic carbocycles. The fourth-order valence-corrected chi connectivity index (χ4v) is 2.48. The highest BCUT2D eigenvalue weighted by atomic mass is 32.2. The van der Waals surface area contributed by atoms with Crippen molar-refractivity contribution in [3.8, 4) is 6.07 Å². The molecule has 16 heavy (non-hydrogen) atoms. The van der Waals surface area contributed by atoms with Crippen molar-refractivity contribution >= 4 is 11.8 Å². The van der Waals surface area contributed by atoms with E-state index in [0.29, 0.717) is 4.75 Å². The van der Waals surface area contributed by atoms with Crippen LogP contribution >= 0.6 is 11.8 Å². The molecule has 0 radical (unpaired) electrons. The molecule has 0 bridgehead atoms. The van der Waals surface area contributed by atoms with Crippen LogP contribution in [0.4, 0.5) is 0 Å². The first-order valence-electron chi connectivity index (χ1n) is 5.53. The number of nitriles is 1. The molecule has 84 valence electrons. The van der Waals surface area contributed by atoms with E-state index >= 15 is 0 Å². The van der Waals surface area contributed by atoms with E-state index in [9.17, 15) is 0 Å². The number of benzene rings is 1. The first-order chi connectivity index (χ1) is 7.78. The van der Waals surface area contributed by atoms with Gasteiger partial charge in [0, 0.05) is 17.8 Å². The van der Waals surface area contributed by atoms with Crippen molar-refractivity contribution in [3.05, 3.63) is 35.4 Å². The number of hydrogen-bond acceptors (Lipinski definition) is 3. The van der Waals surface area contributed by atoms with Crippen molar-refractivity contribution in [2.24, 2.45) is 0 Å². The van der Waals surface area contributed by atoms with Crippen molar-refractivity contribution in [1.82, 2.24) is 5.32 Å². The predicted molar refractivity (Wildman–Crippen MR) is 68.3 cm³/mol. The van der Waals surface area contributed by atoms with Gasteiger partial charge >= 0.3 is 0 Å². The predicted octanol–water partition coefficient (Wildman–Crippen LogP) is 2.54. The van der Waals surface area contributed by atoms with Crippen molar-refractivity contribution in [1.29, 1.82) is 5.26 Å². The molecule has 0 aromatic heterocycles. The second-order valence-corrected chi connectivity index (χ2v) is 5.57. The van der Waals surface area contributed by atoms with Crippen LogP contribution in [-0.2, 0) is 6.54 Å². The Morgan fingerprint density at radius 1 is 1.38 bits per heavy atom. The van der Waals surface area contributed by atoms with E-state index in [2.05, 4.69) is 17.6 Å². The highest BCUT2D eigenvalue weighted by Crippen LogP contribution is 2.46. The minimum Gasteiger partial charge on any atom is -0.311 e. The van der Waals surface area contributed by atoms with Gasteiger partial charge in [-0.25, -0.2) is 0 Å². The number of rotatable bonds is 5. The first kappa shape index (κ1) is 11.5. The minimum absolute atomic E-state index is 0.520. The van der Waals surface area contributed by atoms with Crippen molar-refractivity contribution in [2.75, 3.05) is 12.8 Å². The molecule has 1 fully saturated rings. The Morgan fingerprint density at radius 3 is 2.56 bits per heavy atom. The molecule has 3 heteroatoms. The van der Waals surface area contributed by atoms with Crippen LogP contribution in [0.1, 0.15) is 24.0 Å². The molecule has 0 amide bonds. The molecule has 0 aliphatic heterocycles. The topological polar surface area (TPSA) is 35.8 Å². The van der Waals surface area contributed by atoms with Crippen molar-refractivity contribution in [3.63, 3.8) is 0 Å². The maximum absolute atomic E-state index is 8.68. The van der Waals surface area contributed by atoms with Gasteiger partial charge in [-0.2, -0.15) is 17.0 Å². The summed E-state index contributed by atoms with van der Waals surface area (Å²) in [5.41, 5.74) is 1.97. The highest BCUT2D eigenvalue weighted by Gasteiger charge is 2.41. The maximum Gasteiger partial charge on any atom is 0.0991 e. The lowest BCUT2D eigenvalue weighted by atomic mass is 10.1. The SMILES string of the molecule is CSC1(CNCc2ccc(C#N)cc2)CC1. The fraction of sp³-hybridized carbons (Fsp3) is 0.462. The Kier molecular flexibility index (Phi) is 3.52. The summed E-state index contributed by atoms with van der Waals surface area (Å²) in [7, 11) is 0. The van der Waals surface area contributed by atoms with Crippen LogP contribution in [-0.4, -0.2) is 17.5 Å². The van der Waals surface area contributed by atoms with E-state index < -0.39 is 0 Å². The van der Waals surface area contributed by atoms with Gasteiger partial charge in [-0.1, -0.05) is 12.1 Å². The third kappa shape index (κ3) is 2.78. The quantitative estimate of drug-likeness (QED) is 0.847. The molecule has 2 nitrogen and oxygen atoms in total. The van der Waals surface area contributed by atoms with Crippen molar-refractivity contribution in [2.45, 2.75) is 24.1 Å². The van der Waals surface area contributed by atoms with Crippen LogP contribution in [0.5, 0.6) is 0 Å². The zero-order valence-electron chi connectivity index (χ0n) is 9.49. The summed E-state index contributed by atoms with van der Waals surface area (Å²) < 4.78 is 0.520. The van der Waals surface area contributed by atoms with Crippen LogP contribution in [0.15, 0.2) is 24.3 Å². The van der Waals surface area contributed by atoms with Crippen LogP contribution in [0.3, 0.4) is 0 Å². The van der Waals surface area contributed by atoms with E-state index in [-0.39, 0.29) is 0 Å². The summed E-state index contributed by atoms with van der Waals surface area (Å²) >= 11 is 1.97. The summed E-state index contributed by atoms with van der Waals surface area (Å²) in [5.74, 6) is 0. The second-order valence-electron chi connectivity index (χ2n) is 4.30. The van der Waals surface area contributed by atoms with Gasteiger partial charge in [0.25, 0.3) is 0 Å². The van der Waals surface area contributed by atoms with E-state index in [4.69, 9.17) is 5.26 Å². The van der Waals surface area contributed by atoms with E-state index in [0.717, 1.165) is 18.7 Å². The Labute approximate surface area is 101 Å². The monoisotopic (exact) mass is 232 g/mol. The fourth-order valence-electron chi connectivity index (χ4n) is 1.72. The van der Waals surface area contributed by atoms with Gasteiger partial charge in [0.05, 0.1) is 11.6 Å². The molecular weight excluding hydrogens is 216 g/mol. The standard InChI is InChI=1S/C13H16N2S/c1-16-13(6-7-13)10-15-9-12-4-2-11(8-14)3-5-12/h2-5,15H,6-7,9-10H2,1H3. The van der Waals surface area contributed by atoms with Gasteiger partial charge < -0.3 is 5.32 Å². The van der Waals surface area contributed by atoms with Crippen LogP contribution in [0.2, 0.25) is 0 Å². The van der Waals surface area contributed by atoms with Gasteiger partial charge in [0.1, 0.15) is 0 Å². The van der Waals surface area contributed by atoms with Crippen molar-refractivity contribution < 1.29 is 0 Å². The highest BCUT2D eigenvalue weighted by molar-refractivity contribution is 8.00. The van der Waals surface area contributed by atoms with E-state index in [1.165, 1.54) is 18.4 Å². The van der Waals surface area contributed by atoms with E-state index in [1.54, 1.807) is 0 Å². The molecule has 1 N–H and O–H groups in total. The van der Waals surface area contributed by atoms with Crippen LogP contribution in [0, 0.1) is 11.3 Å². The average Bonchev–Trinajstić information content (AvgIpc) is 3.11. The summed E-state index contributed by atoms with van der Waals surface area (Å²) in [4.78, 5) is 0. The molecule has 1 saturated carbocycles. The third-order valence-corrected chi connectivity index (χ3v) is 4.52. The number of thioether (sulfide) groups is 1. The normalized spacial score (nSPS) is 16.8. The number of nitrogens with one attached hydrogen (secondary N) is 1. The Bertz CT molecular complexity index is 387. The summed E-state index contributed by atoms with van der Waals surface area (Å²) in [6.45, 7) is 1.99. The average molecular weight is 232 g/mol. The van der Waals surface area contributed by atoms with Gasteiger partial charge in [-0.15, -0.1) is 0 Å². The third-order valence-electron chi connectivity index (χ3n) is 3.10. The molecule has 0 saturated heterocycles. The number of hydrogen-bond donors (Lipinski definition) is 1. The zero-order valence-corrected chi connectivity index (χ0v) is 10.3. The summed E-state index contributed by atoms with van der Waals surface area (Å²) in [5, 5.41) is 12.2. The van der Waals surface area contributed by atoms with Gasteiger partial charge in [0.15, 0.2) is 0 Å². The van der Waals surface area contributed by atoms with Crippen LogP contribution < -0.4 is 5.32 Å². The molecular formula is C13H16N2S. The Morgan fingerprint density at radius 2 is 2.06 bits per heavy atom. The lowest BCUT2D eigenvalue weighted by Crippen LogP contribution is -2.25. The number of nitrogens with zero attached hydrogens (tertiary/aromatic N) is 1. The van der Waals surface area contributed by atoms with Gasteiger partial charge in [-0.05, 0) is 36.8 Å². The molecule has 0 unspecified atom stereocenters. The summed E-state index contributed by atoms with van der Waals surface area (Å²) in [6.07, 6.45) is 4.87. The molecule has 2 rings (SSSR count). The zero-order chi connectivity index (χ0) is 11.4. The smallest absolute Gasteiger partial charge is 0.0991 e. The summed E-state index contributed by atoms with van der Waals surface area (Å²) in [6, 6.07) is 9.91. The minimum atomic E-state index is 0.520. The first-order valence-corrected chi connectivity index (χ1v) is 6.75. The Balaban J connectivity index is 1.79. The molecule has 0 heterocycles. The maximum atomic E-state index is 8.68. The Hall–Kier alpha value is -0.980. The molecule has 0 spiro atoms. The van der Waals surface area contributed by atoms with E-state index in [1.807, 2.05) is 36.0 Å². The lowest BCUT2D eigenvalue weighted by Gasteiger charge is -2.12. The van der Waals surface area contributed by atoms with Crippen LogP contribution in [0.25, 0.3) is 0 Å². The largest absolute Gasteiger partial charge is 0.311 e. The molecule has 0 atom stereocenters. The van der Waals surface area contributed by atoms with Gasteiger partial charge in [-0.3, -0.25) is 0 Å². The second kappa shape index (κ2) is 4.90. The molecule has 1 aromatic carbocycles.